The van der Waals surface area contributed by atoms with Crippen LogP contribution in [-0.2, 0) is 24.4 Å². The number of hydrogen-bond acceptors (Lipinski definition) is 5. The van der Waals surface area contributed by atoms with Gasteiger partial charge in [0.05, 0.1) is 12.1 Å². The molecule has 32 heavy (non-hydrogen) atoms. The van der Waals surface area contributed by atoms with Gasteiger partial charge in [-0.2, -0.15) is 5.10 Å². The molecule has 1 amide bonds. The maximum Gasteiger partial charge on any atom is 0.332 e. The van der Waals surface area contributed by atoms with E-state index in [0.29, 0.717) is 17.7 Å². The maximum absolute atomic E-state index is 13.3. The molecule has 0 aliphatic carbocycles. The van der Waals surface area contributed by atoms with Crippen LogP contribution in [0, 0.1) is 0 Å². The van der Waals surface area contributed by atoms with E-state index in [-0.39, 0.29) is 24.5 Å². The van der Waals surface area contributed by atoms with Gasteiger partial charge in [-0.3, -0.25) is 23.4 Å². The summed E-state index contributed by atoms with van der Waals surface area (Å²) in [6.45, 7) is 2.30. The topological polar surface area (TPSA) is 90.9 Å². The zero-order valence-electron chi connectivity index (χ0n) is 17.8. The molecule has 0 unspecified atom stereocenters. The third-order valence-corrected chi connectivity index (χ3v) is 5.83. The number of aryl methyl sites for hydroxylation is 1. The number of aromatic nitrogens is 4. The van der Waals surface area contributed by atoms with E-state index in [1.807, 2.05) is 61.7 Å². The van der Waals surface area contributed by atoms with E-state index in [2.05, 4.69) is 10.4 Å². The van der Waals surface area contributed by atoms with Crippen molar-refractivity contribution in [2.24, 2.45) is 0 Å². The number of fused-ring (bicyclic) bond motifs is 1. The van der Waals surface area contributed by atoms with Crippen molar-refractivity contribution in [3.8, 4) is 0 Å². The third kappa shape index (κ3) is 4.38. The Morgan fingerprint density at radius 2 is 1.84 bits per heavy atom. The Morgan fingerprint density at radius 1 is 1.06 bits per heavy atom. The lowest BCUT2D eigenvalue weighted by atomic mass is 10.2. The number of carbonyl (C=O) groups excluding carboxylic acids is 1. The molecule has 0 spiro atoms. The average molecular weight is 450 g/mol. The van der Waals surface area contributed by atoms with E-state index in [1.165, 1.54) is 4.57 Å². The molecular weight excluding hydrogens is 426 g/mol. The number of thioether (sulfide) groups is 1. The molecular formula is C23H23N5O3S. The first kappa shape index (κ1) is 21.6. The summed E-state index contributed by atoms with van der Waals surface area (Å²) in [5, 5.41) is 7.17. The number of anilines is 1. The fourth-order valence-electron chi connectivity index (χ4n) is 3.49. The van der Waals surface area contributed by atoms with Crippen molar-refractivity contribution >= 4 is 34.4 Å². The van der Waals surface area contributed by atoms with Gasteiger partial charge in [-0.25, -0.2) is 4.79 Å². The minimum Gasteiger partial charge on any atom is -0.324 e. The lowest BCUT2D eigenvalue weighted by Gasteiger charge is -2.12. The highest BCUT2D eigenvalue weighted by atomic mass is 32.2. The monoisotopic (exact) mass is 449 g/mol. The normalized spacial score (nSPS) is 11.1. The van der Waals surface area contributed by atoms with Crippen molar-refractivity contribution in [1.29, 1.82) is 0 Å². The predicted octanol–water partition coefficient (Wildman–Crippen LogP) is 2.79. The van der Waals surface area contributed by atoms with Gasteiger partial charge in [0.15, 0.2) is 5.52 Å². The van der Waals surface area contributed by atoms with Crippen LogP contribution in [-0.4, -0.2) is 31.1 Å². The van der Waals surface area contributed by atoms with Crippen LogP contribution < -0.4 is 16.6 Å². The number of nitrogens with zero attached hydrogens (tertiary/aromatic N) is 4. The first-order chi connectivity index (χ1) is 15.5. The minimum atomic E-state index is -0.546. The molecule has 0 atom stereocenters. The summed E-state index contributed by atoms with van der Waals surface area (Å²) in [7, 11) is 0. The number of benzene rings is 2. The van der Waals surface area contributed by atoms with E-state index in [9.17, 15) is 14.4 Å². The van der Waals surface area contributed by atoms with Gasteiger partial charge in [-0.1, -0.05) is 36.4 Å². The van der Waals surface area contributed by atoms with Crippen molar-refractivity contribution in [2.75, 3.05) is 11.6 Å². The summed E-state index contributed by atoms with van der Waals surface area (Å²) in [6.07, 6.45) is 3.59. The molecule has 2 aromatic heterocycles. The Hall–Kier alpha value is -3.59. The maximum atomic E-state index is 13.3. The number of rotatable bonds is 7. The fraction of sp³-hybridized carbons (Fsp3) is 0.217. The van der Waals surface area contributed by atoms with Gasteiger partial charge < -0.3 is 5.32 Å². The van der Waals surface area contributed by atoms with Crippen LogP contribution >= 0.6 is 11.8 Å². The van der Waals surface area contributed by atoms with Crippen LogP contribution in [0.2, 0.25) is 0 Å². The molecule has 0 aliphatic rings. The third-order valence-electron chi connectivity index (χ3n) is 5.11. The van der Waals surface area contributed by atoms with Crippen LogP contribution in [0.1, 0.15) is 12.5 Å². The van der Waals surface area contributed by atoms with E-state index < -0.39 is 11.2 Å². The number of hydrogen-bond donors (Lipinski definition) is 1. The van der Waals surface area contributed by atoms with Crippen LogP contribution in [0.25, 0.3) is 11.0 Å². The first-order valence-corrected chi connectivity index (χ1v) is 11.4. The summed E-state index contributed by atoms with van der Waals surface area (Å²) < 4.78 is 4.04. The largest absolute Gasteiger partial charge is 0.332 e. The molecule has 2 aromatic carbocycles. The molecule has 1 N–H and O–H groups in total. The van der Waals surface area contributed by atoms with Gasteiger partial charge in [0, 0.05) is 23.3 Å². The van der Waals surface area contributed by atoms with Gasteiger partial charge >= 0.3 is 5.69 Å². The molecule has 0 saturated heterocycles. The van der Waals surface area contributed by atoms with Crippen LogP contribution in [0.4, 0.5) is 5.69 Å². The molecule has 4 aromatic rings. The Bertz CT molecular complexity index is 1390. The average Bonchev–Trinajstić information content (AvgIpc) is 3.25. The summed E-state index contributed by atoms with van der Waals surface area (Å²) >= 11 is 1.57. The molecule has 4 rings (SSSR count). The molecule has 164 valence electrons. The van der Waals surface area contributed by atoms with Crippen molar-refractivity contribution < 1.29 is 4.79 Å². The second-order valence-electron chi connectivity index (χ2n) is 7.24. The highest BCUT2D eigenvalue weighted by Crippen LogP contribution is 2.19. The predicted molar refractivity (Wildman–Crippen MR) is 126 cm³/mol. The smallest absolute Gasteiger partial charge is 0.324 e. The minimum absolute atomic E-state index is 0.102. The number of nitrogens with one attached hydrogen (secondary N) is 1. The molecule has 0 radical (unpaired) electrons. The summed E-state index contributed by atoms with van der Waals surface area (Å²) in [5.74, 6) is -0.360. The Morgan fingerprint density at radius 3 is 2.56 bits per heavy atom. The lowest BCUT2D eigenvalue weighted by molar-refractivity contribution is -0.116. The number of carbonyl (C=O) groups is 1. The highest BCUT2D eigenvalue weighted by molar-refractivity contribution is 7.98. The second-order valence-corrected chi connectivity index (χ2v) is 8.12. The molecule has 0 fully saturated rings. The Kier molecular flexibility index (Phi) is 6.27. The van der Waals surface area contributed by atoms with E-state index >= 15 is 0 Å². The Balaban J connectivity index is 1.75. The second kappa shape index (κ2) is 9.27. The fourth-order valence-corrected chi connectivity index (χ4v) is 3.95. The summed E-state index contributed by atoms with van der Waals surface area (Å²) in [6, 6.07) is 16.7. The zero-order chi connectivity index (χ0) is 22.7. The number of amides is 1. The molecule has 8 nitrogen and oxygen atoms in total. The molecule has 0 saturated carbocycles. The zero-order valence-corrected chi connectivity index (χ0v) is 18.6. The van der Waals surface area contributed by atoms with E-state index in [0.717, 1.165) is 15.0 Å². The molecule has 9 heteroatoms. The molecule has 0 aliphatic heterocycles. The van der Waals surface area contributed by atoms with Gasteiger partial charge in [0.1, 0.15) is 6.54 Å². The van der Waals surface area contributed by atoms with Crippen molar-refractivity contribution in [2.45, 2.75) is 31.5 Å². The Labute approximate surface area is 188 Å². The lowest BCUT2D eigenvalue weighted by Crippen LogP contribution is -2.41. The van der Waals surface area contributed by atoms with Gasteiger partial charge in [-0.05, 0) is 36.9 Å². The van der Waals surface area contributed by atoms with E-state index in [1.54, 1.807) is 28.7 Å². The highest BCUT2D eigenvalue weighted by Gasteiger charge is 2.18. The SMILES string of the molecule is CCn1cc2c(n1)c(=O)n(Cc1ccccc1)c(=O)n2CC(=O)Nc1cccc(SC)c1. The van der Waals surface area contributed by atoms with Crippen molar-refractivity contribution in [1.82, 2.24) is 18.9 Å². The summed E-state index contributed by atoms with van der Waals surface area (Å²) in [5.41, 5.74) is 0.956. The van der Waals surface area contributed by atoms with Gasteiger partial charge in [0.2, 0.25) is 5.91 Å². The quantitative estimate of drug-likeness (QED) is 0.438. The van der Waals surface area contributed by atoms with Crippen LogP contribution in [0.5, 0.6) is 0 Å². The van der Waals surface area contributed by atoms with Gasteiger partial charge in [-0.15, -0.1) is 11.8 Å². The molecule has 0 bridgehead atoms. The van der Waals surface area contributed by atoms with Gasteiger partial charge in [0.25, 0.3) is 5.56 Å². The van der Waals surface area contributed by atoms with Crippen LogP contribution in [0.15, 0.2) is 75.3 Å². The first-order valence-electron chi connectivity index (χ1n) is 10.2. The molecule has 2 heterocycles. The van der Waals surface area contributed by atoms with Crippen LogP contribution in [0.3, 0.4) is 0 Å². The van der Waals surface area contributed by atoms with Crippen molar-refractivity contribution in [3.63, 3.8) is 0 Å². The van der Waals surface area contributed by atoms with Crippen molar-refractivity contribution in [3.05, 3.63) is 87.2 Å². The van der Waals surface area contributed by atoms with E-state index in [4.69, 9.17) is 0 Å². The summed E-state index contributed by atoms with van der Waals surface area (Å²) in [4.78, 5) is 40.2. The standard InChI is InChI=1S/C23H23N5O3S/c1-3-26-14-19-21(25-26)22(30)28(13-16-8-5-4-6-9-16)23(31)27(19)15-20(29)24-17-10-7-11-18(12-17)32-2/h4-12,14H,3,13,15H2,1-2H3,(H,24,29).